The van der Waals surface area contributed by atoms with Crippen molar-refractivity contribution in [2.75, 3.05) is 22.8 Å². The monoisotopic (exact) mass is 544 g/mol. The molecule has 4 aliphatic carbocycles. The fourth-order valence-corrected chi connectivity index (χ4v) is 8.83. The third kappa shape index (κ3) is 5.50. The smallest absolute Gasteiger partial charge is 0.306 e. The lowest BCUT2D eigenvalue weighted by Crippen LogP contribution is -2.47. The Labute approximate surface area is 223 Å². The number of carbonyl (C=O) groups is 2. The van der Waals surface area contributed by atoms with Gasteiger partial charge in [0.2, 0.25) is 0 Å². The Morgan fingerprint density at radius 3 is 2.24 bits per heavy atom. The molecule has 1 amide bonds. The van der Waals surface area contributed by atoms with Crippen molar-refractivity contribution >= 4 is 44.9 Å². The highest BCUT2D eigenvalue weighted by Crippen LogP contribution is 2.61. The number of carbonyl (C=O) groups excluding carboxylic acids is 2. The summed E-state index contributed by atoms with van der Waals surface area (Å²) in [6, 6.07) is 13.0. The second-order valence-corrected chi connectivity index (χ2v) is 13.2. The summed E-state index contributed by atoms with van der Waals surface area (Å²) in [5, 5.41) is 2.79. The zero-order valence-electron chi connectivity index (χ0n) is 21.0. The summed E-state index contributed by atoms with van der Waals surface area (Å²) in [5.74, 6) is 1.29. The van der Waals surface area contributed by atoms with E-state index in [0.29, 0.717) is 12.1 Å². The van der Waals surface area contributed by atoms with E-state index in [-0.39, 0.29) is 33.5 Å². The van der Waals surface area contributed by atoms with E-state index in [2.05, 4.69) is 5.32 Å². The maximum Gasteiger partial charge on any atom is 0.306 e. The van der Waals surface area contributed by atoms with E-state index in [1.54, 1.807) is 31.2 Å². The van der Waals surface area contributed by atoms with Gasteiger partial charge in [-0.25, -0.2) is 8.42 Å². The molecule has 0 atom stereocenters. The summed E-state index contributed by atoms with van der Waals surface area (Å²) < 4.78 is 33.3. The van der Waals surface area contributed by atoms with Crippen LogP contribution in [0.3, 0.4) is 0 Å². The van der Waals surface area contributed by atoms with E-state index < -0.39 is 22.5 Å². The van der Waals surface area contributed by atoms with Crippen LogP contribution in [0.25, 0.3) is 0 Å². The standard InChI is InChI=1S/C28H33ClN2O5S/c1-2-31(22-6-4-3-5-7-22)37(34,35)23-8-9-24(29)25(13-23)30-26(32)18-36-27(33)17-28-14-19-10-20(15-28)12-21(11-19)16-28/h3-9,13,19-21H,2,10-12,14-18H2,1H3,(H,30,32). The average molecular weight is 545 g/mol. The van der Waals surface area contributed by atoms with Gasteiger partial charge in [0.15, 0.2) is 6.61 Å². The molecule has 198 valence electrons. The highest BCUT2D eigenvalue weighted by atomic mass is 35.5. The number of halogens is 1. The minimum Gasteiger partial charge on any atom is -0.456 e. The van der Waals surface area contributed by atoms with Gasteiger partial charge < -0.3 is 10.1 Å². The molecule has 0 radical (unpaired) electrons. The summed E-state index contributed by atoms with van der Waals surface area (Å²) in [7, 11) is -3.89. The van der Waals surface area contributed by atoms with Crippen LogP contribution in [0.15, 0.2) is 53.4 Å². The minimum atomic E-state index is -3.89. The molecule has 4 fully saturated rings. The molecule has 4 aliphatic rings. The fraction of sp³-hybridized carbons (Fsp3) is 0.500. The van der Waals surface area contributed by atoms with Gasteiger partial charge in [-0.1, -0.05) is 29.8 Å². The molecule has 6 rings (SSSR count). The van der Waals surface area contributed by atoms with Gasteiger partial charge in [-0.3, -0.25) is 13.9 Å². The van der Waals surface area contributed by atoms with Crippen molar-refractivity contribution in [3.63, 3.8) is 0 Å². The lowest BCUT2D eigenvalue weighted by atomic mass is 9.49. The molecule has 37 heavy (non-hydrogen) atoms. The minimum absolute atomic E-state index is 0.00304. The number of esters is 1. The number of anilines is 2. The largest absolute Gasteiger partial charge is 0.456 e. The molecule has 0 aliphatic heterocycles. The van der Waals surface area contributed by atoms with Crippen molar-refractivity contribution in [2.45, 2.75) is 56.8 Å². The van der Waals surface area contributed by atoms with Crippen molar-refractivity contribution in [3.05, 3.63) is 53.6 Å². The predicted octanol–water partition coefficient (Wildman–Crippen LogP) is 5.64. The van der Waals surface area contributed by atoms with Crippen LogP contribution in [-0.2, 0) is 24.3 Å². The molecule has 4 saturated carbocycles. The maximum absolute atomic E-state index is 13.3. The molecule has 1 N–H and O–H groups in total. The number of ether oxygens (including phenoxy) is 1. The van der Waals surface area contributed by atoms with Crippen LogP contribution < -0.4 is 9.62 Å². The van der Waals surface area contributed by atoms with Gasteiger partial charge in [0, 0.05) is 6.54 Å². The fourth-order valence-electron chi connectivity index (χ4n) is 7.17. The van der Waals surface area contributed by atoms with Gasteiger partial charge in [0.05, 0.1) is 27.7 Å². The number of amides is 1. The molecule has 0 unspecified atom stereocenters. The number of nitrogens with zero attached hydrogens (tertiary/aromatic N) is 1. The second-order valence-electron chi connectivity index (χ2n) is 11.0. The zero-order chi connectivity index (χ0) is 26.2. The SMILES string of the molecule is CCN(c1ccccc1)S(=O)(=O)c1ccc(Cl)c(NC(=O)COC(=O)CC23CC4CC(CC(C4)C2)C3)c1. The van der Waals surface area contributed by atoms with Crippen molar-refractivity contribution in [3.8, 4) is 0 Å². The summed E-state index contributed by atoms with van der Waals surface area (Å²) >= 11 is 6.26. The van der Waals surface area contributed by atoms with Crippen molar-refractivity contribution < 1.29 is 22.7 Å². The third-order valence-electron chi connectivity index (χ3n) is 8.18. The number of sulfonamides is 1. The predicted molar refractivity (Wildman–Crippen MR) is 143 cm³/mol. The van der Waals surface area contributed by atoms with Gasteiger partial charge in [0.25, 0.3) is 15.9 Å². The van der Waals surface area contributed by atoms with Crippen LogP contribution in [0.1, 0.15) is 51.9 Å². The average Bonchev–Trinajstić information content (AvgIpc) is 2.84. The van der Waals surface area contributed by atoms with E-state index in [1.165, 1.54) is 41.8 Å². The number of hydrogen-bond acceptors (Lipinski definition) is 5. The Hall–Kier alpha value is -2.58. The number of benzene rings is 2. The quantitative estimate of drug-likeness (QED) is 0.412. The Bertz CT molecular complexity index is 1250. The molecule has 9 heteroatoms. The lowest BCUT2D eigenvalue weighted by molar-refractivity contribution is -0.154. The topological polar surface area (TPSA) is 92.8 Å². The highest BCUT2D eigenvalue weighted by Gasteiger charge is 2.51. The first-order chi connectivity index (χ1) is 17.7. The summed E-state index contributed by atoms with van der Waals surface area (Å²) in [4.78, 5) is 25.3. The number of rotatable bonds is 9. The Balaban J connectivity index is 1.21. The number of hydrogen-bond donors (Lipinski definition) is 1. The molecule has 0 heterocycles. The molecular weight excluding hydrogens is 512 g/mol. The highest BCUT2D eigenvalue weighted by molar-refractivity contribution is 7.92. The third-order valence-corrected chi connectivity index (χ3v) is 10.4. The first-order valence-corrected chi connectivity index (χ1v) is 14.8. The van der Waals surface area contributed by atoms with Gasteiger partial charge in [0.1, 0.15) is 0 Å². The molecule has 2 aromatic carbocycles. The first kappa shape index (κ1) is 26.0. The Kier molecular flexibility index (Phi) is 7.24. The van der Waals surface area contributed by atoms with Gasteiger partial charge in [-0.05, 0) is 98.9 Å². The van der Waals surface area contributed by atoms with E-state index in [1.807, 2.05) is 6.07 Å². The van der Waals surface area contributed by atoms with Crippen LogP contribution in [0.4, 0.5) is 11.4 Å². The van der Waals surface area contributed by atoms with E-state index in [9.17, 15) is 18.0 Å². The van der Waals surface area contributed by atoms with E-state index in [4.69, 9.17) is 16.3 Å². The molecule has 2 aromatic rings. The normalized spacial score (nSPS) is 26.1. The Morgan fingerprint density at radius 2 is 1.65 bits per heavy atom. The first-order valence-electron chi connectivity index (χ1n) is 13.0. The van der Waals surface area contributed by atoms with Crippen molar-refractivity contribution in [1.29, 1.82) is 0 Å². The molecule has 7 nitrogen and oxygen atoms in total. The van der Waals surface area contributed by atoms with Crippen molar-refractivity contribution in [1.82, 2.24) is 0 Å². The van der Waals surface area contributed by atoms with Crippen LogP contribution in [0.2, 0.25) is 5.02 Å². The number of nitrogens with one attached hydrogen (secondary N) is 1. The number of para-hydroxylation sites is 1. The summed E-state index contributed by atoms with van der Waals surface area (Å²) in [5.41, 5.74) is 0.726. The second kappa shape index (κ2) is 10.3. The molecule has 0 saturated heterocycles. The van der Waals surface area contributed by atoms with Gasteiger partial charge >= 0.3 is 5.97 Å². The Morgan fingerprint density at radius 1 is 1.03 bits per heavy atom. The van der Waals surface area contributed by atoms with E-state index >= 15 is 0 Å². The molecule has 0 spiro atoms. The maximum atomic E-state index is 13.3. The van der Waals surface area contributed by atoms with Gasteiger partial charge in [-0.15, -0.1) is 0 Å². The molecular formula is C28H33ClN2O5S. The van der Waals surface area contributed by atoms with Crippen LogP contribution in [0.5, 0.6) is 0 Å². The van der Waals surface area contributed by atoms with Crippen molar-refractivity contribution in [2.24, 2.45) is 23.2 Å². The van der Waals surface area contributed by atoms with Crippen LogP contribution >= 0.6 is 11.6 Å². The van der Waals surface area contributed by atoms with Crippen LogP contribution in [-0.4, -0.2) is 33.4 Å². The molecule has 4 bridgehead atoms. The zero-order valence-corrected chi connectivity index (χ0v) is 22.6. The summed E-state index contributed by atoms with van der Waals surface area (Å²) in [6.45, 7) is 1.54. The van der Waals surface area contributed by atoms with E-state index in [0.717, 1.165) is 37.0 Å². The van der Waals surface area contributed by atoms with Gasteiger partial charge in [-0.2, -0.15) is 0 Å². The summed E-state index contributed by atoms with van der Waals surface area (Å²) in [6.07, 6.45) is 7.54. The van der Waals surface area contributed by atoms with Crippen LogP contribution in [0, 0.1) is 23.2 Å². The molecule has 0 aromatic heterocycles. The lowest BCUT2D eigenvalue weighted by Gasteiger charge is -2.56.